The van der Waals surface area contributed by atoms with Gasteiger partial charge in [0.1, 0.15) is 0 Å². The smallest absolute Gasteiger partial charge is 0.0655 e. The van der Waals surface area contributed by atoms with Gasteiger partial charge in [-0.15, -0.1) is 0 Å². The Morgan fingerprint density at radius 2 is 1.95 bits per heavy atom. The van der Waals surface area contributed by atoms with Gasteiger partial charge >= 0.3 is 0 Å². The van der Waals surface area contributed by atoms with Crippen LogP contribution in [0.25, 0.3) is 0 Å². The van der Waals surface area contributed by atoms with E-state index in [2.05, 4.69) is 48.2 Å². The van der Waals surface area contributed by atoms with E-state index in [1.54, 1.807) is 0 Å². The van der Waals surface area contributed by atoms with Gasteiger partial charge in [-0.25, -0.2) is 0 Å². The lowest BCUT2D eigenvalue weighted by Gasteiger charge is -2.32. The lowest BCUT2D eigenvalue weighted by molar-refractivity contribution is 0.206. The van der Waals surface area contributed by atoms with Crippen molar-refractivity contribution >= 4 is 0 Å². The third-order valence-corrected chi connectivity index (χ3v) is 4.56. The van der Waals surface area contributed by atoms with Crippen LogP contribution in [0.3, 0.4) is 0 Å². The van der Waals surface area contributed by atoms with E-state index in [0.717, 1.165) is 18.8 Å². The maximum atomic E-state index is 8.96. The molecule has 2 heteroatoms. The third-order valence-electron chi connectivity index (χ3n) is 4.56. The number of piperidine rings is 1. The van der Waals surface area contributed by atoms with E-state index < -0.39 is 0 Å². The molecular weight excluding hydrogens is 244 g/mol. The minimum atomic E-state index is 0.261. The summed E-state index contributed by atoms with van der Waals surface area (Å²) in [6, 6.07) is 13.3. The Morgan fingerprint density at radius 1 is 1.25 bits per heavy atom. The molecule has 1 aromatic carbocycles. The van der Waals surface area contributed by atoms with Crippen molar-refractivity contribution in [2.75, 3.05) is 19.6 Å². The first kappa shape index (κ1) is 15.1. The molecule has 1 unspecified atom stereocenters. The van der Waals surface area contributed by atoms with Crippen molar-refractivity contribution in [1.82, 2.24) is 4.90 Å². The summed E-state index contributed by atoms with van der Waals surface area (Å²) in [6.45, 7) is 5.70. The number of rotatable bonds is 6. The molecule has 1 heterocycles. The molecule has 0 radical (unpaired) electrons. The quantitative estimate of drug-likeness (QED) is 0.774. The number of hydrogen-bond acceptors (Lipinski definition) is 2. The van der Waals surface area contributed by atoms with Gasteiger partial charge in [0, 0.05) is 5.92 Å². The first-order valence-corrected chi connectivity index (χ1v) is 8.00. The topological polar surface area (TPSA) is 27.0 Å². The molecule has 1 aliphatic heterocycles. The van der Waals surface area contributed by atoms with Crippen LogP contribution < -0.4 is 0 Å². The van der Waals surface area contributed by atoms with Crippen LogP contribution in [0.1, 0.15) is 50.5 Å². The van der Waals surface area contributed by atoms with Gasteiger partial charge in [0.15, 0.2) is 0 Å². The normalized spacial score (nSPS) is 18.6. The van der Waals surface area contributed by atoms with Gasteiger partial charge in [0.2, 0.25) is 0 Å². The monoisotopic (exact) mass is 270 g/mol. The summed E-state index contributed by atoms with van der Waals surface area (Å²) >= 11 is 0. The van der Waals surface area contributed by atoms with E-state index in [4.69, 9.17) is 5.26 Å². The highest BCUT2D eigenvalue weighted by molar-refractivity contribution is 5.19. The molecule has 0 N–H and O–H groups in total. The van der Waals surface area contributed by atoms with Crippen LogP contribution in [0, 0.1) is 17.2 Å². The molecule has 2 rings (SSSR count). The van der Waals surface area contributed by atoms with Gasteiger partial charge in [0.05, 0.1) is 6.07 Å². The Morgan fingerprint density at radius 3 is 2.55 bits per heavy atom. The Labute approximate surface area is 123 Å². The van der Waals surface area contributed by atoms with Crippen molar-refractivity contribution in [3.8, 4) is 6.07 Å². The number of benzene rings is 1. The molecule has 2 nitrogen and oxygen atoms in total. The van der Waals surface area contributed by atoms with E-state index in [9.17, 15) is 0 Å². The molecule has 0 aliphatic carbocycles. The molecule has 0 spiro atoms. The lowest BCUT2D eigenvalue weighted by atomic mass is 9.89. The van der Waals surface area contributed by atoms with Gasteiger partial charge in [0.25, 0.3) is 0 Å². The minimum absolute atomic E-state index is 0.261. The van der Waals surface area contributed by atoms with Crippen molar-refractivity contribution in [3.63, 3.8) is 0 Å². The zero-order valence-corrected chi connectivity index (χ0v) is 12.6. The molecule has 1 aliphatic rings. The standard InChI is InChI=1S/C18H26N2/c1-2-16(15-19)7-6-12-20-13-10-18(11-14-20)17-8-4-3-5-9-17/h3-5,8-9,16,18H,2,6-7,10-14H2,1H3. The van der Waals surface area contributed by atoms with Gasteiger partial charge < -0.3 is 4.90 Å². The van der Waals surface area contributed by atoms with Gasteiger partial charge in [-0.05, 0) is 63.2 Å². The highest BCUT2D eigenvalue weighted by Crippen LogP contribution is 2.27. The molecule has 0 bridgehead atoms. The summed E-state index contributed by atoms with van der Waals surface area (Å²) < 4.78 is 0. The minimum Gasteiger partial charge on any atom is -0.303 e. The van der Waals surface area contributed by atoms with Crippen molar-refractivity contribution < 1.29 is 0 Å². The van der Waals surface area contributed by atoms with E-state index >= 15 is 0 Å². The fourth-order valence-electron chi connectivity index (χ4n) is 3.14. The number of nitrogens with zero attached hydrogens (tertiary/aromatic N) is 2. The Bertz CT molecular complexity index is 413. The molecule has 0 aromatic heterocycles. The largest absolute Gasteiger partial charge is 0.303 e. The van der Waals surface area contributed by atoms with Crippen molar-refractivity contribution in [1.29, 1.82) is 5.26 Å². The molecule has 108 valence electrons. The molecule has 1 aromatic rings. The fraction of sp³-hybridized carbons (Fsp3) is 0.611. The average Bonchev–Trinajstić information content (AvgIpc) is 2.53. The van der Waals surface area contributed by atoms with Crippen molar-refractivity contribution in [2.24, 2.45) is 5.92 Å². The number of nitriles is 1. The first-order valence-electron chi connectivity index (χ1n) is 8.00. The zero-order chi connectivity index (χ0) is 14.2. The number of hydrogen-bond donors (Lipinski definition) is 0. The summed E-state index contributed by atoms with van der Waals surface area (Å²) in [7, 11) is 0. The molecule has 0 amide bonds. The molecule has 1 atom stereocenters. The van der Waals surface area contributed by atoms with Crippen LogP contribution in [-0.4, -0.2) is 24.5 Å². The highest BCUT2D eigenvalue weighted by atomic mass is 15.1. The van der Waals surface area contributed by atoms with Crippen molar-refractivity contribution in [3.05, 3.63) is 35.9 Å². The second-order valence-electron chi connectivity index (χ2n) is 5.90. The van der Waals surface area contributed by atoms with Gasteiger partial charge in [-0.3, -0.25) is 0 Å². The van der Waals surface area contributed by atoms with Crippen LogP contribution in [0.15, 0.2) is 30.3 Å². The number of likely N-dealkylation sites (tertiary alicyclic amines) is 1. The highest BCUT2D eigenvalue weighted by Gasteiger charge is 2.20. The average molecular weight is 270 g/mol. The van der Waals surface area contributed by atoms with Crippen LogP contribution >= 0.6 is 0 Å². The third kappa shape index (κ3) is 4.35. The second-order valence-corrected chi connectivity index (χ2v) is 5.90. The lowest BCUT2D eigenvalue weighted by Crippen LogP contribution is -2.33. The van der Waals surface area contributed by atoms with Crippen molar-refractivity contribution in [2.45, 2.75) is 44.9 Å². The Hall–Kier alpha value is -1.33. The fourth-order valence-corrected chi connectivity index (χ4v) is 3.14. The summed E-state index contributed by atoms with van der Waals surface area (Å²) in [5.41, 5.74) is 1.50. The van der Waals surface area contributed by atoms with Gasteiger partial charge in [-0.1, -0.05) is 37.3 Å². The maximum Gasteiger partial charge on any atom is 0.0655 e. The first-order chi connectivity index (χ1) is 9.83. The van der Waals surface area contributed by atoms with E-state index in [1.165, 1.54) is 44.5 Å². The summed E-state index contributed by atoms with van der Waals surface area (Å²) in [6.07, 6.45) is 5.78. The summed E-state index contributed by atoms with van der Waals surface area (Å²) in [5, 5.41) is 8.96. The maximum absolute atomic E-state index is 8.96. The molecule has 20 heavy (non-hydrogen) atoms. The van der Waals surface area contributed by atoms with E-state index in [-0.39, 0.29) is 5.92 Å². The molecule has 1 saturated heterocycles. The summed E-state index contributed by atoms with van der Waals surface area (Å²) in [4.78, 5) is 2.57. The van der Waals surface area contributed by atoms with Crippen LogP contribution in [-0.2, 0) is 0 Å². The van der Waals surface area contributed by atoms with E-state index in [1.807, 2.05) is 0 Å². The van der Waals surface area contributed by atoms with Gasteiger partial charge in [-0.2, -0.15) is 5.26 Å². The predicted molar refractivity (Wildman–Crippen MR) is 83.5 cm³/mol. The second kappa shape index (κ2) is 8.07. The Kier molecular flexibility index (Phi) is 6.08. The SMILES string of the molecule is CCC(C#N)CCCN1CCC(c2ccccc2)CC1. The van der Waals surface area contributed by atoms with Crippen LogP contribution in [0.4, 0.5) is 0 Å². The molecule has 0 saturated carbocycles. The van der Waals surface area contributed by atoms with E-state index in [0.29, 0.717) is 0 Å². The molecule has 1 fully saturated rings. The van der Waals surface area contributed by atoms with Crippen LogP contribution in [0.2, 0.25) is 0 Å². The summed E-state index contributed by atoms with van der Waals surface area (Å²) in [5.74, 6) is 1.01. The van der Waals surface area contributed by atoms with Crippen LogP contribution in [0.5, 0.6) is 0 Å². The predicted octanol–water partition coefficient (Wildman–Crippen LogP) is 4.20. The Balaban J connectivity index is 1.68. The zero-order valence-electron chi connectivity index (χ0n) is 12.6. The molecular formula is C18H26N2.